The van der Waals surface area contributed by atoms with Crippen molar-refractivity contribution in [2.45, 2.75) is 13.5 Å². The van der Waals surface area contributed by atoms with Crippen LogP contribution in [0.25, 0.3) is 0 Å². The van der Waals surface area contributed by atoms with Crippen molar-refractivity contribution >= 4 is 5.96 Å². The number of ether oxygens (including phenoxy) is 1. The Bertz CT molecular complexity index is 676. The fourth-order valence-electron chi connectivity index (χ4n) is 2.96. The van der Waals surface area contributed by atoms with Crippen molar-refractivity contribution in [1.82, 2.24) is 20.3 Å². The van der Waals surface area contributed by atoms with E-state index in [1.165, 1.54) is 5.56 Å². The largest absolute Gasteiger partial charge is 0.492 e. The summed E-state index contributed by atoms with van der Waals surface area (Å²) in [6.45, 7) is 8.07. The van der Waals surface area contributed by atoms with Gasteiger partial charge in [0.05, 0.1) is 12.2 Å². The first kappa shape index (κ1) is 18.3. The molecule has 0 radical (unpaired) electrons. The molecule has 0 spiro atoms. The third-order valence-electron chi connectivity index (χ3n) is 4.44. The van der Waals surface area contributed by atoms with E-state index in [1.54, 1.807) is 6.26 Å². The fraction of sp³-hybridized carbons (Fsp3) is 0.474. The minimum atomic E-state index is 0.605. The molecule has 2 aromatic rings. The third kappa shape index (κ3) is 5.23. The van der Waals surface area contributed by atoms with Crippen molar-refractivity contribution in [2.24, 2.45) is 4.99 Å². The van der Waals surface area contributed by atoms with E-state index < -0.39 is 0 Å². The monoisotopic (exact) mass is 357 g/mol. The molecule has 0 saturated carbocycles. The van der Waals surface area contributed by atoms with Gasteiger partial charge in [-0.2, -0.15) is 0 Å². The zero-order valence-corrected chi connectivity index (χ0v) is 15.5. The Labute approximate surface area is 154 Å². The summed E-state index contributed by atoms with van der Waals surface area (Å²) in [5.41, 5.74) is 2.22. The summed E-state index contributed by atoms with van der Waals surface area (Å²) in [5, 5.41) is 7.37. The summed E-state index contributed by atoms with van der Waals surface area (Å²) in [6, 6.07) is 10.0. The Morgan fingerprint density at radius 3 is 2.62 bits per heavy atom. The molecule has 1 aromatic carbocycles. The summed E-state index contributed by atoms with van der Waals surface area (Å²) < 4.78 is 10.7. The number of rotatable bonds is 6. The quantitative estimate of drug-likeness (QED) is 0.483. The van der Waals surface area contributed by atoms with E-state index in [9.17, 15) is 0 Å². The van der Waals surface area contributed by atoms with E-state index in [0.717, 1.165) is 56.7 Å². The molecule has 1 N–H and O–H groups in total. The highest BCUT2D eigenvalue weighted by molar-refractivity contribution is 5.80. The van der Waals surface area contributed by atoms with Crippen LogP contribution in [0, 0.1) is 6.92 Å². The van der Waals surface area contributed by atoms with Gasteiger partial charge in [0.15, 0.2) is 5.96 Å². The molecule has 1 fully saturated rings. The van der Waals surface area contributed by atoms with Crippen molar-refractivity contribution in [2.75, 3.05) is 46.4 Å². The molecule has 1 aliphatic heterocycles. The van der Waals surface area contributed by atoms with Gasteiger partial charge in [-0.3, -0.25) is 9.89 Å². The van der Waals surface area contributed by atoms with Crippen LogP contribution in [0.3, 0.4) is 0 Å². The molecular formula is C19H27N5O2. The Hall–Kier alpha value is -2.54. The van der Waals surface area contributed by atoms with Crippen LogP contribution in [0.4, 0.5) is 0 Å². The molecule has 2 heterocycles. The highest BCUT2D eigenvalue weighted by Gasteiger charge is 2.20. The molecule has 0 atom stereocenters. The van der Waals surface area contributed by atoms with Crippen LogP contribution in [0.2, 0.25) is 0 Å². The maximum absolute atomic E-state index is 5.76. The summed E-state index contributed by atoms with van der Waals surface area (Å²) in [7, 11) is 1.82. The molecule has 140 valence electrons. The van der Waals surface area contributed by atoms with Gasteiger partial charge in [0.25, 0.3) is 0 Å². The molecule has 1 aromatic heterocycles. The zero-order valence-electron chi connectivity index (χ0n) is 15.5. The molecule has 1 saturated heterocycles. The van der Waals surface area contributed by atoms with Crippen LogP contribution in [0.5, 0.6) is 5.75 Å². The van der Waals surface area contributed by atoms with Crippen molar-refractivity contribution in [1.29, 1.82) is 0 Å². The third-order valence-corrected chi connectivity index (χ3v) is 4.44. The van der Waals surface area contributed by atoms with Gasteiger partial charge in [0.1, 0.15) is 18.6 Å². The number of benzene rings is 1. The summed E-state index contributed by atoms with van der Waals surface area (Å²) in [6.07, 6.45) is 1.62. The highest BCUT2D eigenvalue weighted by atomic mass is 16.5. The molecule has 0 aliphatic carbocycles. The van der Waals surface area contributed by atoms with Gasteiger partial charge in [0.2, 0.25) is 0 Å². The van der Waals surface area contributed by atoms with Crippen molar-refractivity contribution in [3.63, 3.8) is 0 Å². The van der Waals surface area contributed by atoms with E-state index in [2.05, 4.69) is 44.3 Å². The van der Waals surface area contributed by atoms with Crippen LogP contribution in [-0.4, -0.2) is 67.3 Å². The zero-order chi connectivity index (χ0) is 18.2. The van der Waals surface area contributed by atoms with Crippen LogP contribution < -0.4 is 10.1 Å². The first-order chi connectivity index (χ1) is 12.7. The normalized spacial score (nSPS) is 15.9. The maximum Gasteiger partial charge on any atom is 0.193 e. The summed E-state index contributed by atoms with van der Waals surface area (Å²) in [5.74, 6) is 1.83. The van der Waals surface area contributed by atoms with E-state index in [4.69, 9.17) is 9.26 Å². The summed E-state index contributed by atoms with van der Waals surface area (Å²) >= 11 is 0. The molecule has 0 bridgehead atoms. The molecule has 0 amide bonds. The number of nitrogens with one attached hydrogen (secondary N) is 1. The predicted octanol–water partition coefficient (Wildman–Crippen LogP) is 1.76. The first-order valence-corrected chi connectivity index (χ1v) is 9.01. The number of hydrogen-bond donors (Lipinski definition) is 1. The van der Waals surface area contributed by atoms with Gasteiger partial charge >= 0.3 is 0 Å². The SMILES string of the molecule is CN=C(NCCOc1ccc(C)cc1)N1CCN(Cc2ccon2)CC1. The number of guanidine groups is 1. The Kier molecular flexibility index (Phi) is 6.49. The van der Waals surface area contributed by atoms with Crippen LogP contribution in [-0.2, 0) is 6.54 Å². The van der Waals surface area contributed by atoms with Gasteiger partial charge in [-0.15, -0.1) is 0 Å². The van der Waals surface area contributed by atoms with Crippen molar-refractivity contribution < 1.29 is 9.26 Å². The van der Waals surface area contributed by atoms with Gasteiger partial charge in [-0.1, -0.05) is 22.9 Å². The van der Waals surface area contributed by atoms with Crippen LogP contribution in [0.1, 0.15) is 11.3 Å². The van der Waals surface area contributed by atoms with Gasteiger partial charge < -0.3 is 19.5 Å². The van der Waals surface area contributed by atoms with Crippen molar-refractivity contribution in [3.05, 3.63) is 47.9 Å². The number of nitrogens with zero attached hydrogens (tertiary/aromatic N) is 4. The van der Waals surface area contributed by atoms with E-state index in [1.807, 2.05) is 25.2 Å². The second kappa shape index (κ2) is 9.24. The molecule has 7 nitrogen and oxygen atoms in total. The molecule has 0 unspecified atom stereocenters. The van der Waals surface area contributed by atoms with E-state index in [0.29, 0.717) is 6.61 Å². The lowest BCUT2D eigenvalue weighted by Crippen LogP contribution is -2.52. The minimum Gasteiger partial charge on any atom is -0.492 e. The Balaban J connectivity index is 1.37. The lowest BCUT2D eigenvalue weighted by molar-refractivity contribution is 0.168. The number of aliphatic imine (C=N–C) groups is 1. The molecular weight excluding hydrogens is 330 g/mol. The van der Waals surface area contributed by atoms with Gasteiger partial charge in [0, 0.05) is 45.8 Å². The number of piperazine rings is 1. The minimum absolute atomic E-state index is 0.605. The van der Waals surface area contributed by atoms with Crippen LogP contribution in [0.15, 0.2) is 46.1 Å². The molecule has 26 heavy (non-hydrogen) atoms. The van der Waals surface area contributed by atoms with Crippen molar-refractivity contribution in [3.8, 4) is 5.75 Å². The van der Waals surface area contributed by atoms with Gasteiger partial charge in [-0.25, -0.2) is 0 Å². The number of aromatic nitrogens is 1. The predicted molar refractivity (Wildman–Crippen MR) is 101 cm³/mol. The average molecular weight is 357 g/mol. The average Bonchev–Trinajstić information content (AvgIpc) is 3.17. The lowest BCUT2D eigenvalue weighted by atomic mass is 10.2. The fourth-order valence-corrected chi connectivity index (χ4v) is 2.96. The number of aryl methyl sites for hydroxylation is 1. The van der Waals surface area contributed by atoms with E-state index >= 15 is 0 Å². The molecule has 7 heteroatoms. The Morgan fingerprint density at radius 2 is 1.96 bits per heavy atom. The number of hydrogen-bond acceptors (Lipinski definition) is 5. The van der Waals surface area contributed by atoms with E-state index in [-0.39, 0.29) is 0 Å². The molecule has 3 rings (SSSR count). The maximum atomic E-state index is 5.76. The summed E-state index contributed by atoms with van der Waals surface area (Å²) in [4.78, 5) is 9.06. The van der Waals surface area contributed by atoms with Crippen LogP contribution >= 0.6 is 0 Å². The smallest absolute Gasteiger partial charge is 0.193 e. The molecule has 1 aliphatic rings. The standard InChI is InChI=1S/C19H27N5O2/c1-16-3-5-18(6-4-16)25-14-8-21-19(20-2)24-11-9-23(10-12-24)15-17-7-13-26-22-17/h3-7,13H,8-12,14-15H2,1-2H3,(H,20,21). The highest BCUT2D eigenvalue weighted by Crippen LogP contribution is 2.11. The Morgan fingerprint density at radius 1 is 1.19 bits per heavy atom. The lowest BCUT2D eigenvalue weighted by Gasteiger charge is -2.36. The van der Waals surface area contributed by atoms with Gasteiger partial charge in [-0.05, 0) is 19.1 Å². The first-order valence-electron chi connectivity index (χ1n) is 9.01. The second-order valence-corrected chi connectivity index (χ2v) is 6.39. The topological polar surface area (TPSA) is 66.1 Å². The second-order valence-electron chi connectivity index (χ2n) is 6.39.